The quantitative estimate of drug-likeness (QED) is 0.841. The Morgan fingerprint density at radius 1 is 1.47 bits per heavy atom. The van der Waals surface area contributed by atoms with Gasteiger partial charge in [-0.3, -0.25) is 4.79 Å². The average Bonchev–Trinajstić information content (AvgIpc) is 2.14. The molecule has 0 aliphatic rings. The van der Waals surface area contributed by atoms with E-state index >= 15 is 0 Å². The lowest BCUT2D eigenvalue weighted by Crippen LogP contribution is -2.11. The summed E-state index contributed by atoms with van der Waals surface area (Å²) in [6.45, 7) is 4.36. The van der Waals surface area contributed by atoms with Crippen LogP contribution in [0.25, 0.3) is 0 Å². The van der Waals surface area contributed by atoms with E-state index in [9.17, 15) is 4.79 Å². The standard InChI is InChI=1S/C12H16ClNO/c1-8(2)3-4-9-5-6-10(12(14)15)11(13)7-9/h5-8H,3-4H2,1-2H3,(H2,14,15). The van der Waals surface area contributed by atoms with Crippen LogP contribution in [0, 0.1) is 5.92 Å². The fourth-order valence-corrected chi connectivity index (χ4v) is 1.67. The molecule has 1 amide bonds. The fraction of sp³-hybridized carbons (Fsp3) is 0.417. The van der Waals surface area contributed by atoms with Gasteiger partial charge in [-0.25, -0.2) is 0 Å². The zero-order chi connectivity index (χ0) is 11.4. The highest BCUT2D eigenvalue weighted by atomic mass is 35.5. The van der Waals surface area contributed by atoms with Gasteiger partial charge in [0.2, 0.25) is 5.91 Å². The van der Waals surface area contributed by atoms with Crippen molar-refractivity contribution >= 4 is 17.5 Å². The van der Waals surface area contributed by atoms with Crippen LogP contribution in [0.15, 0.2) is 18.2 Å². The summed E-state index contributed by atoms with van der Waals surface area (Å²) in [5, 5.41) is 0.448. The van der Waals surface area contributed by atoms with Crippen molar-refractivity contribution in [2.75, 3.05) is 0 Å². The molecule has 0 radical (unpaired) electrons. The van der Waals surface area contributed by atoms with Crippen LogP contribution in [0.4, 0.5) is 0 Å². The third-order valence-electron chi connectivity index (χ3n) is 2.31. The highest BCUT2D eigenvalue weighted by molar-refractivity contribution is 6.33. The summed E-state index contributed by atoms with van der Waals surface area (Å²) in [6.07, 6.45) is 2.10. The Labute approximate surface area is 95.4 Å². The van der Waals surface area contributed by atoms with Gasteiger partial charge in [0.1, 0.15) is 0 Å². The Hall–Kier alpha value is -1.02. The molecular weight excluding hydrogens is 210 g/mol. The Morgan fingerprint density at radius 2 is 2.13 bits per heavy atom. The van der Waals surface area contributed by atoms with Crippen LogP contribution in [0.2, 0.25) is 5.02 Å². The molecule has 1 aromatic carbocycles. The van der Waals surface area contributed by atoms with Crippen LogP contribution in [-0.2, 0) is 6.42 Å². The molecule has 0 bridgehead atoms. The summed E-state index contributed by atoms with van der Waals surface area (Å²) < 4.78 is 0. The Kier molecular flexibility index (Phi) is 4.15. The first-order valence-corrected chi connectivity index (χ1v) is 5.46. The maximum atomic E-state index is 10.9. The monoisotopic (exact) mass is 225 g/mol. The zero-order valence-corrected chi connectivity index (χ0v) is 9.84. The molecule has 0 unspecified atom stereocenters. The van der Waals surface area contributed by atoms with Gasteiger partial charge in [0.25, 0.3) is 0 Å². The van der Waals surface area contributed by atoms with Gasteiger partial charge >= 0.3 is 0 Å². The minimum atomic E-state index is -0.476. The number of aryl methyl sites for hydroxylation is 1. The fourth-order valence-electron chi connectivity index (χ4n) is 1.37. The number of carbonyl (C=O) groups excluding carboxylic acids is 1. The molecule has 0 atom stereocenters. The lowest BCUT2D eigenvalue weighted by Gasteiger charge is -2.06. The van der Waals surface area contributed by atoms with Crippen LogP contribution >= 0.6 is 11.6 Å². The van der Waals surface area contributed by atoms with Gasteiger partial charge in [-0.15, -0.1) is 0 Å². The normalized spacial score (nSPS) is 10.7. The molecule has 0 fully saturated rings. The van der Waals surface area contributed by atoms with Crippen LogP contribution < -0.4 is 5.73 Å². The summed E-state index contributed by atoms with van der Waals surface area (Å²) >= 11 is 5.94. The lowest BCUT2D eigenvalue weighted by molar-refractivity contribution is 0.100. The maximum Gasteiger partial charge on any atom is 0.250 e. The summed E-state index contributed by atoms with van der Waals surface area (Å²) in [5.41, 5.74) is 6.71. The minimum Gasteiger partial charge on any atom is -0.366 e. The van der Waals surface area contributed by atoms with Crippen molar-refractivity contribution in [3.63, 3.8) is 0 Å². The second-order valence-corrected chi connectivity index (χ2v) is 4.52. The topological polar surface area (TPSA) is 43.1 Å². The van der Waals surface area contributed by atoms with Crippen molar-refractivity contribution in [1.29, 1.82) is 0 Å². The number of halogens is 1. The highest BCUT2D eigenvalue weighted by Gasteiger charge is 2.07. The van der Waals surface area contributed by atoms with Crippen molar-refractivity contribution in [3.05, 3.63) is 34.3 Å². The molecule has 3 heteroatoms. The number of carbonyl (C=O) groups is 1. The van der Waals surface area contributed by atoms with E-state index in [-0.39, 0.29) is 0 Å². The molecular formula is C12H16ClNO. The Bertz CT molecular complexity index is 361. The first-order valence-electron chi connectivity index (χ1n) is 5.09. The molecule has 82 valence electrons. The van der Waals surface area contributed by atoms with E-state index in [1.54, 1.807) is 6.07 Å². The van der Waals surface area contributed by atoms with Crippen molar-refractivity contribution in [3.8, 4) is 0 Å². The second-order valence-electron chi connectivity index (χ2n) is 4.11. The molecule has 1 rings (SSSR count). The molecule has 2 nitrogen and oxygen atoms in total. The number of hydrogen-bond acceptors (Lipinski definition) is 1. The summed E-state index contributed by atoms with van der Waals surface area (Å²) in [6, 6.07) is 5.43. The maximum absolute atomic E-state index is 10.9. The van der Waals surface area contributed by atoms with E-state index in [4.69, 9.17) is 17.3 Å². The number of nitrogens with two attached hydrogens (primary N) is 1. The SMILES string of the molecule is CC(C)CCc1ccc(C(N)=O)c(Cl)c1. The van der Waals surface area contributed by atoms with Gasteiger partial charge < -0.3 is 5.73 Å². The predicted octanol–water partition coefficient (Wildman–Crippen LogP) is 3.03. The molecule has 0 spiro atoms. The lowest BCUT2D eigenvalue weighted by atomic mass is 10.0. The first kappa shape index (κ1) is 12.1. The van der Waals surface area contributed by atoms with Crippen molar-refractivity contribution in [1.82, 2.24) is 0 Å². The summed E-state index contributed by atoms with van der Waals surface area (Å²) in [7, 11) is 0. The number of hydrogen-bond donors (Lipinski definition) is 1. The number of rotatable bonds is 4. The van der Waals surface area contributed by atoms with Crippen LogP contribution in [0.1, 0.15) is 36.2 Å². The number of primary amides is 1. The smallest absolute Gasteiger partial charge is 0.250 e. The van der Waals surface area contributed by atoms with E-state index in [1.807, 2.05) is 12.1 Å². The zero-order valence-electron chi connectivity index (χ0n) is 9.09. The average molecular weight is 226 g/mol. The molecule has 0 saturated carbocycles. The van der Waals surface area contributed by atoms with Crippen LogP contribution in [0.5, 0.6) is 0 Å². The largest absolute Gasteiger partial charge is 0.366 e. The van der Waals surface area contributed by atoms with Gasteiger partial charge in [-0.05, 0) is 36.5 Å². The first-order chi connectivity index (χ1) is 7.00. The Morgan fingerprint density at radius 3 is 2.60 bits per heavy atom. The minimum absolute atomic E-state index is 0.393. The molecule has 0 aliphatic carbocycles. The van der Waals surface area contributed by atoms with Gasteiger partial charge in [0, 0.05) is 0 Å². The Balaban J connectivity index is 2.78. The van der Waals surface area contributed by atoms with Gasteiger partial charge in [0.15, 0.2) is 0 Å². The van der Waals surface area contributed by atoms with E-state index in [1.165, 1.54) is 0 Å². The third kappa shape index (κ3) is 3.56. The second kappa shape index (κ2) is 5.17. The third-order valence-corrected chi connectivity index (χ3v) is 2.62. The van der Waals surface area contributed by atoms with Gasteiger partial charge in [-0.2, -0.15) is 0 Å². The van der Waals surface area contributed by atoms with Crippen molar-refractivity contribution in [2.24, 2.45) is 11.7 Å². The molecule has 15 heavy (non-hydrogen) atoms. The molecule has 0 saturated heterocycles. The van der Waals surface area contributed by atoms with Crippen molar-refractivity contribution in [2.45, 2.75) is 26.7 Å². The number of benzene rings is 1. The van der Waals surface area contributed by atoms with E-state index in [0.29, 0.717) is 16.5 Å². The highest BCUT2D eigenvalue weighted by Crippen LogP contribution is 2.19. The molecule has 0 aliphatic heterocycles. The summed E-state index contributed by atoms with van der Waals surface area (Å²) in [4.78, 5) is 10.9. The van der Waals surface area contributed by atoms with E-state index in [2.05, 4.69) is 13.8 Å². The molecule has 2 N–H and O–H groups in total. The summed E-state index contributed by atoms with van der Waals surface area (Å²) in [5.74, 6) is 0.190. The van der Waals surface area contributed by atoms with Crippen LogP contribution in [0.3, 0.4) is 0 Å². The predicted molar refractivity (Wildman–Crippen MR) is 63.1 cm³/mol. The number of amides is 1. The molecule has 0 aromatic heterocycles. The van der Waals surface area contributed by atoms with Crippen LogP contribution in [-0.4, -0.2) is 5.91 Å². The van der Waals surface area contributed by atoms with E-state index < -0.39 is 5.91 Å². The van der Waals surface area contributed by atoms with E-state index in [0.717, 1.165) is 18.4 Å². The molecule has 1 aromatic rings. The van der Waals surface area contributed by atoms with Crippen molar-refractivity contribution < 1.29 is 4.79 Å². The molecule has 0 heterocycles. The van der Waals surface area contributed by atoms with Gasteiger partial charge in [-0.1, -0.05) is 31.5 Å². The van der Waals surface area contributed by atoms with Gasteiger partial charge in [0.05, 0.1) is 10.6 Å².